The number of Topliss-reactive ketones (excluding diaryl/α,β-unsaturated/α-hetero) is 1. The van der Waals surface area contributed by atoms with Crippen LogP contribution in [0.2, 0.25) is 0 Å². The summed E-state index contributed by atoms with van der Waals surface area (Å²) in [6, 6.07) is 7.67. The molecule has 1 saturated heterocycles. The molecule has 0 amide bonds. The maximum atomic E-state index is 14.3. The van der Waals surface area contributed by atoms with Crippen molar-refractivity contribution >= 4 is 17.7 Å². The quantitative estimate of drug-likeness (QED) is 0.240. The number of benzene rings is 1. The molecule has 4 rings (SSSR count). The first-order chi connectivity index (χ1) is 20.1. The van der Waals surface area contributed by atoms with Gasteiger partial charge in [-0.05, 0) is 36.5 Å². The summed E-state index contributed by atoms with van der Waals surface area (Å²) in [5, 5.41) is 34.4. The Morgan fingerprint density at radius 1 is 1.12 bits per heavy atom. The molecular weight excluding hydrogens is 558 g/mol. The maximum Gasteiger partial charge on any atom is 0.337 e. The molecule has 1 saturated carbocycles. The smallest absolute Gasteiger partial charge is 0.337 e. The van der Waals surface area contributed by atoms with Gasteiger partial charge in [-0.15, -0.1) is 0 Å². The first-order valence-corrected chi connectivity index (χ1v) is 14.7. The number of hydrogen-bond donors (Lipinski definition) is 4. The molecule has 238 valence electrons. The highest BCUT2D eigenvalue weighted by molar-refractivity contribution is 5.92. The van der Waals surface area contributed by atoms with Crippen LogP contribution in [0.1, 0.15) is 71.9 Å². The first-order valence-electron chi connectivity index (χ1n) is 14.7. The number of carbonyl (C=O) groups excluding carboxylic acids is 3. The van der Waals surface area contributed by atoms with Crippen molar-refractivity contribution < 1.29 is 48.7 Å². The second kappa shape index (κ2) is 12.4. The molecule has 1 aromatic rings. The normalized spacial score (nSPS) is 34.2. The Bertz CT molecular complexity index is 1250. The zero-order valence-corrected chi connectivity index (χ0v) is 25.7. The SMILES string of the molecule is CO[C@H]1C(=O)[C@](C)([C@@H](O)C[C@H]2OC[C@@H]2OC(C)=O)CC[C@]2(O)C[C@H](OC(=O)[C@H](O)[C@@H](N)c3ccccc3)C(C)=C1C2(C)C. The van der Waals surface area contributed by atoms with Crippen molar-refractivity contribution in [3.8, 4) is 0 Å². The number of ether oxygens (including phenoxy) is 4. The van der Waals surface area contributed by atoms with E-state index >= 15 is 0 Å². The second-order valence-corrected chi connectivity index (χ2v) is 12.9. The van der Waals surface area contributed by atoms with Gasteiger partial charge >= 0.3 is 11.9 Å². The molecular formula is C32H45NO10. The zero-order valence-electron chi connectivity index (χ0n) is 25.7. The predicted molar refractivity (Wildman–Crippen MR) is 154 cm³/mol. The third-order valence-electron chi connectivity index (χ3n) is 10.0. The van der Waals surface area contributed by atoms with Gasteiger partial charge in [0.2, 0.25) is 0 Å². The van der Waals surface area contributed by atoms with E-state index < -0.39 is 71.0 Å². The minimum absolute atomic E-state index is 0.00539. The Labute approximate surface area is 252 Å². The van der Waals surface area contributed by atoms with Crippen LogP contribution in [0.5, 0.6) is 0 Å². The predicted octanol–water partition coefficient (Wildman–Crippen LogP) is 1.90. The van der Waals surface area contributed by atoms with E-state index in [1.807, 2.05) is 13.8 Å². The number of hydrogen-bond acceptors (Lipinski definition) is 11. The third kappa shape index (κ3) is 6.03. The van der Waals surface area contributed by atoms with E-state index in [0.717, 1.165) is 0 Å². The van der Waals surface area contributed by atoms with Crippen molar-refractivity contribution in [2.45, 2.75) is 109 Å². The molecule has 11 heteroatoms. The van der Waals surface area contributed by atoms with E-state index in [4.69, 9.17) is 24.7 Å². The highest BCUT2D eigenvalue weighted by Gasteiger charge is 2.60. The summed E-state index contributed by atoms with van der Waals surface area (Å²) in [6.45, 7) is 8.54. The minimum Gasteiger partial charge on any atom is -0.457 e. The Morgan fingerprint density at radius 2 is 1.77 bits per heavy atom. The Morgan fingerprint density at radius 3 is 2.33 bits per heavy atom. The average molecular weight is 604 g/mol. The summed E-state index contributed by atoms with van der Waals surface area (Å²) >= 11 is 0. The summed E-state index contributed by atoms with van der Waals surface area (Å²) < 4.78 is 22.4. The fraction of sp³-hybridized carbons (Fsp3) is 0.656. The number of rotatable bonds is 9. The van der Waals surface area contributed by atoms with Gasteiger partial charge in [-0.3, -0.25) is 9.59 Å². The van der Waals surface area contributed by atoms with E-state index in [-0.39, 0.29) is 38.1 Å². The lowest BCUT2D eigenvalue weighted by atomic mass is 9.54. The molecule has 5 N–H and O–H groups in total. The summed E-state index contributed by atoms with van der Waals surface area (Å²) in [7, 11) is 1.39. The van der Waals surface area contributed by atoms with Crippen molar-refractivity contribution in [3.63, 3.8) is 0 Å². The molecule has 1 aromatic carbocycles. The van der Waals surface area contributed by atoms with Crippen LogP contribution < -0.4 is 5.73 Å². The Kier molecular flexibility index (Phi) is 9.56. The van der Waals surface area contributed by atoms with Crippen LogP contribution in [0.3, 0.4) is 0 Å². The van der Waals surface area contributed by atoms with Gasteiger partial charge in [0.15, 0.2) is 18.0 Å². The van der Waals surface area contributed by atoms with Crippen molar-refractivity contribution in [2.24, 2.45) is 16.6 Å². The van der Waals surface area contributed by atoms with Crippen molar-refractivity contribution in [1.82, 2.24) is 0 Å². The van der Waals surface area contributed by atoms with Crippen LogP contribution in [-0.2, 0) is 33.3 Å². The summed E-state index contributed by atoms with van der Waals surface area (Å²) in [6.07, 6.45) is -5.76. The molecule has 1 heterocycles. The van der Waals surface area contributed by atoms with E-state index in [9.17, 15) is 29.7 Å². The van der Waals surface area contributed by atoms with Crippen molar-refractivity contribution in [1.29, 1.82) is 0 Å². The molecule has 2 aliphatic carbocycles. The molecule has 0 aromatic heterocycles. The number of methoxy groups -OCH3 is 1. The van der Waals surface area contributed by atoms with Gasteiger partial charge < -0.3 is 40.0 Å². The van der Waals surface area contributed by atoms with Crippen molar-refractivity contribution in [3.05, 3.63) is 47.0 Å². The van der Waals surface area contributed by atoms with E-state index in [2.05, 4.69) is 0 Å². The zero-order chi connectivity index (χ0) is 31.9. The molecule has 2 fully saturated rings. The lowest BCUT2D eigenvalue weighted by molar-refractivity contribution is -0.208. The Hall–Kier alpha value is -2.67. The van der Waals surface area contributed by atoms with Gasteiger partial charge in [-0.2, -0.15) is 0 Å². The van der Waals surface area contributed by atoms with Gasteiger partial charge in [0, 0.05) is 32.3 Å². The topological polar surface area (TPSA) is 175 Å². The monoisotopic (exact) mass is 603 g/mol. The molecule has 1 aliphatic heterocycles. The summed E-state index contributed by atoms with van der Waals surface area (Å²) in [5.74, 6) is -1.78. The highest BCUT2D eigenvalue weighted by atomic mass is 16.6. The molecule has 11 nitrogen and oxygen atoms in total. The molecule has 9 atom stereocenters. The molecule has 3 aliphatic rings. The fourth-order valence-electron chi connectivity index (χ4n) is 6.84. The van der Waals surface area contributed by atoms with E-state index in [1.54, 1.807) is 44.2 Å². The van der Waals surface area contributed by atoms with Crippen LogP contribution in [0.25, 0.3) is 0 Å². The fourth-order valence-corrected chi connectivity index (χ4v) is 6.84. The van der Waals surface area contributed by atoms with Crippen LogP contribution in [0, 0.1) is 10.8 Å². The second-order valence-electron chi connectivity index (χ2n) is 12.9. The third-order valence-corrected chi connectivity index (χ3v) is 10.0. The highest BCUT2D eigenvalue weighted by Crippen LogP contribution is 2.56. The number of carbonyl (C=O) groups is 3. The standard InChI is InChI=1S/C32H45NO10/c1-17-21(43-29(38)26(36)25(33)19-10-8-7-9-11-19)15-32(39)13-12-31(5,28(37)27(40-6)24(17)30(32,3)4)23(35)14-20-22(16-41-20)42-18(2)34/h7-11,20-23,25-27,35-36,39H,12-16,33H2,1-6H3/t20-,21+,22+,23+,25+,26-,27-,31+,32+/m1/s1. The van der Waals surface area contributed by atoms with Crippen molar-refractivity contribution in [2.75, 3.05) is 13.7 Å². The Balaban J connectivity index is 1.63. The van der Waals surface area contributed by atoms with Crippen LogP contribution in [0.15, 0.2) is 41.5 Å². The maximum absolute atomic E-state index is 14.3. The van der Waals surface area contributed by atoms with Crippen LogP contribution in [-0.4, -0.2) is 89.0 Å². The van der Waals surface area contributed by atoms with Gasteiger partial charge in [-0.25, -0.2) is 4.79 Å². The molecule has 0 spiro atoms. The van der Waals surface area contributed by atoms with Gasteiger partial charge in [0.05, 0.1) is 35.9 Å². The molecule has 0 radical (unpaired) electrons. The van der Waals surface area contributed by atoms with Crippen LogP contribution in [0.4, 0.5) is 0 Å². The average Bonchev–Trinajstić information content (AvgIpc) is 2.96. The lowest BCUT2D eigenvalue weighted by Gasteiger charge is -2.55. The van der Waals surface area contributed by atoms with Gasteiger partial charge in [0.25, 0.3) is 0 Å². The number of aliphatic hydroxyl groups excluding tert-OH is 2. The van der Waals surface area contributed by atoms with Gasteiger partial charge in [-0.1, -0.05) is 51.1 Å². The molecule has 0 unspecified atom stereocenters. The summed E-state index contributed by atoms with van der Waals surface area (Å²) in [5.41, 5.74) is 3.94. The lowest BCUT2D eigenvalue weighted by Crippen LogP contribution is -2.61. The number of aliphatic hydroxyl groups is 3. The van der Waals surface area contributed by atoms with Crippen LogP contribution >= 0.6 is 0 Å². The van der Waals surface area contributed by atoms with E-state index in [0.29, 0.717) is 16.7 Å². The van der Waals surface area contributed by atoms with E-state index in [1.165, 1.54) is 14.0 Å². The number of esters is 2. The largest absolute Gasteiger partial charge is 0.457 e. The minimum atomic E-state index is -1.66. The number of nitrogens with two attached hydrogens (primary N) is 1. The molecule has 43 heavy (non-hydrogen) atoms. The molecule has 2 bridgehead atoms. The summed E-state index contributed by atoms with van der Waals surface area (Å²) in [4.78, 5) is 38.8. The first kappa shape index (κ1) is 33.2. The number of fused-ring (bicyclic) bond motifs is 2. The number of ketones is 1. The van der Waals surface area contributed by atoms with Gasteiger partial charge in [0.1, 0.15) is 12.2 Å².